The van der Waals surface area contributed by atoms with Crippen molar-refractivity contribution in [2.75, 3.05) is 38.2 Å². The maximum absolute atomic E-state index is 5.94. The summed E-state index contributed by atoms with van der Waals surface area (Å²) in [5.41, 5.74) is 2.54. The van der Waals surface area contributed by atoms with Crippen LogP contribution in [0.5, 0.6) is 11.6 Å². The fourth-order valence-electron chi connectivity index (χ4n) is 4.00. The van der Waals surface area contributed by atoms with E-state index in [2.05, 4.69) is 38.0 Å². The number of ether oxygens (including phenoxy) is 2. The first kappa shape index (κ1) is 18.0. The van der Waals surface area contributed by atoms with Gasteiger partial charge in [-0.25, -0.2) is 4.98 Å². The first-order chi connectivity index (χ1) is 13.3. The van der Waals surface area contributed by atoms with Crippen molar-refractivity contribution in [1.82, 2.24) is 14.9 Å². The minimum atomic E-state index is 0.227. The molecule has 4 rings (SSSR count). The lowest BCUT2D eigenvalue weighted by Gasteiger charge is -2.32. The zero-order chi connectivity index (χ0) is 18.5. The molecule has 3 heterocycles. The van der Waals surface area contributed by atoms with Crippen LogP contribution in [0.2, 0.25) is 0 Å². The second kappa shape index (κ2) is 8.57. The molecule has 1 aromatic carbocycles. The topological polar surface area (TPSA) is 50.7 Å². The molecule has 1 aromatic heterocycles. The third kappa shape index (κ3) is 4.50. The van der Waals surface area contributed by atoms with E-state index in [9.17, 15) is 0 Å². The summed E-state index contributed by atoms with van der Waals surface area (Å²) in [6.07, 6.45) is 9.82. The molecule has 0 unspecified atom stereocenters. The highest BCUT2D eigenvalue weighted by Gasteiger charge is 2.22. The van der Waals surface area contributed by atoms with Gasteiger partial charge in [0.2, 0.25) is 5.88 Å². The fraction of sp³-hybridized carbons (Fsp3) is 0.524. The summed E-state index contributed by atoms with van der Waals surface area (Å²) in [5, 5.41) is 0. The van der Waals surface area contributed by atoms with Gasteiger partial charge >= 0.3 is 0 Å². The number of methoxy groups -OCH3 is 1. The zero-order valence-corrected chi connectivity index (χ0v) is 16.0. The van der Waals surface area contributed by atoms with Crippen LogP contribution in [0, 0.1) is 0 Å². The molecule has 27 heavy (non-hydrogen) atoms. The van der Waals surface area contributed by atoms with Crippen molar-refractivity contribution in [2.24, 2.45) is 0 Å². The van der Waals surface area contributed by atoms with E-state index >= 15 is 0 Å². The van der Waals surface area contributed by atoms with Gasteiger partial charge in [0.1, 0.15) is 11.9 Å². The van der Waals surface area contributed by atoms with E-state index in [-0.39, 0.29) is 6.10 Å². The van der Waals surface area contributed by atoms with E-state index in [1.807, 2.05) is 0 Å². The summed E-state index contributed by atoms with van der Waals surface area (Å²) in [6.45, 7) is 5.28. The molecule has 2 aromatic rings. The molecular formula is C21H28N4O2. The van der Waals surface area contributed by atoms with Crippen LogP contribution in [0.1, 0.15) is 31.2 Å². The number of hydrogen-bond donors (Lipinski definition) is 0. The van der Waals surface area contributed by atoms with E-state index in [1.165, 1.54) is 24.1 Å². The average molecular weight is 368 g/mol. The second-order valence-electron chi connectivity index (χ2n) is 7.34. The number of aromatic nitrogens is 2. The molecule has 2 saturated heterocycles. The number of anilines is 1. The lowest BCUT2D eigenvalue weighted by atomic mass is 10.1. The normalized spacial score (nSPS) is 18.6. The Morgan fingerprint density at radius 1 is 1.07 bits per heavy atom. The summed E-state index contributed by atoms with van der Waals surface area (Å²) in [5.74, 6) is 1.62. The first-order valence-electron chi connectivity index (χ1n) is 9.89. The molecule has 6 heteroatoms. The highest BCUT2D eigenvalue weighted by molar-refractivity contribution is 5.60. The van der Waals surface area contributed by atoms with Gasteiger partial charge in [0.15, 0.2) is 0 Å². The molecule has 0 bridgehead atoms. The lowest BCUT2D eigenvalue weighted by Crippen LogP contribution is -2.37. The summed E-state index contributed by atoms with van der Waals surface area (Å²) in [7, 11) is 1.77. The highest BCUT2D eigenvalue weighted by Crippen LogP contribution is 2.32. The molecule has 0 atom stereocenters. The highest BCUT2D eigenvalue weighted by atomic mass is 16.5. The van der Waals surface area contributed by atoms with Crippen LogP contribution in [0.15, 0.2) is 36.8 Å². The predicted molar refractivity (Wildman–Crippen MR) is 105 cm³/mol. The molecule has 0 radical (unpaired) electrons. The van der Waals surface area contributed by atoms with Gasteiger partial charge in [-0.2, -0.15) is 0 Å². The Hall–Kier alpha value is -2.34. The molecule has 2 aliphatic rings. The maximum Gasteiger partial charge on any atom is 0.232 e. The average Bonchev–Trinajstić information content (AvgIpc) is 3.25. The Balaban J connectivity index is 1.32. The van der Waals surface area contributed by atoms with Crippen LogP contribution in [0.25, 0.3) is 0 Å². The van der Waals surface area contributed by atoms with Crippen LogP contribution >= 0.6 is 0 Å². The maximum atomic E-state index is 5.94. The zero-order valence-electron chi connectivity index (χ0n) is 16.0. The Kier molecular flexibility index (Phi) is 5.72. The van der Waals surface area contributed by atoms with Crippen LogP contribution in [0.4, 0.5) is 5.69 Å². The van der Waals surface area contributed by atoms with Crippen LogP contribution in [0.3, 0.4) is 0 Å². The quantitative estimate of drug-likeness (QED) is 0.781. The van der Waals surface area contributed by atoms with Gasteiger partial charge in [0.25, 0.3) is 0 Å². The minimum Gasteiger partial charge on any atom is -0.495 e. The van der Waals surface area contributed by atoms with E-state index in [0.29, 0.717) is 5.88 Å². The Labute approximate surface area is 161 Å². The van der Waals surface area contributed by atoms with E-state index in [4.69, 9.17) is 9.47 Å². The van der Waals surface area contributed by atoms with Crippen molar-refractivity contribution in [3.05, 3.63) is 42.4 Å². The van der Waals surface area contributed by atoms with Crippen molar-refractivity contribution in [3.8, 4) is 11.6 Å². The summed E-state index contributed by atoms with van der Waals surface area (Å²) in [4.78, 5) is 13.2. The second-order valence-corrected chi connectivity index (χ2v) is 7.34. The van der Waals surface area contributed by atoms with Crippen LogP contribution < -0.4 is 14.4 Å². The van der Waals surface area contributed by atoms with Gasteiger partial charge in [-0.05, 0) is 43.4 Å². The Morgan fingerprint density at radius 3 is 2.59 bits per heavy atom. The monoisotopic (exact) mass is 368 g/mol. The van der Waals surface area contributed by atoms with Gasteiger partial charge in [-0.15, -0.1) is 0 Å². The van der Waals surface area contributed by atoms with E-state index in [1.54, 1.807) is 25.7 Å². The van der Waals surface area contributed by atoms with Gasteiger partial charge in [-0.1, -0.05) is 6.07 Å². The smallest absolute Gasteiger partial charge is 0.232 e. The molecule has 6 nitrogen and oxygen atoms in total. The van der Waals surface area contributed by atoms with Crippen molar-refractivity contribution in [3.63, 3.8) is 0 Å². The summed E-state index contributed by atoms with van der Waals surface area (Å²) in [6, 6.07) is 6.68. The number of nitrogens with zero attached hydrogens (tertiary/aromatic N) is 4. The minimum absolute atomic E-state index is 0.227. The molecule has 2 fully saturated rings. The predicted octanol–water partition coefficient (Wildman–Crippen LogP) is 3.13. The largest absolute Gasteiger partial charge is 0.495 e. The van der Waals surface area contributed by atoms with Gasteiger partial charge in [0.05, 0.1) is 19.0 Å². The Bertz CT molecular complexity index is 726. The molecule has 0 spiro atoms. The molecule has 144 valence electrons. The van der Waals surface area contributed by atoms with Gasteiger partial charge in [-0.3, -0.25) is 9.88 Å². The lowest BCUT2D eigenvalue weighted by molar-refractivity contribution is 0.0928. The molecule has 2 aliphatic heterocycles. The van der Waals surface area contributed by atoms with E-state index < -0.39 is 0 Å². The van der Waals surface area contributed by atoms with Crippen molar-refractivity contribution >= 4 is 5.69 Å². The molecule has 0 aliphatic carbocycles. The number of benzene rings is 1. The standard InChI is InChI=1S/C21H28N4O2/c1-26-20-14-17(4-5-19(20)25-10-2-3-11-25)16-24-12-6-18(7-13-24)27-21-15-22-8-9-23-21/h4-5,8-9,14-15,18H,2-3,6-7,10-13,16H2,1H3. The van der Waals surface area contributed by atoms with Crippen molar-refractivity contribution in [1.29, 1.82) is 0 Å². The van der Waals surface area contributed by atoms with Crippen molar-refractivity contribution < 1.29 is 9.47 Å². The number of hydrogen-bond acceptors (Lipinski definition) is 6. The first-order valence-corrected chi connectivity index (χ1v) is 9.89. The molecule has 0 amide bonds. The third-order valence-corrected chi connectivity index (χ3v) is 5.46. The number of piperidine rings is 1. The fourth-order valence-corrected chi connectivity index (χ4v) is 4.00. The molecular weight excluding hydrogens is 340 g/mol. The van der Waals surface area contributed by atoms with E-state index in [0.717, 1.165) is 51.3 Å². The SMILES string of the molecule is COc1cc(CN2CCC(Oc3cnccn3)CC2)ccc1N1CCCC1. The van der Waals surface area contributed by atoms with Gasteiger partial charge in [0, 0.05) is 45.1 Å². The van der Waals surface area contributed by atoms with Crippen LogP contribution in [-0.4, -0.2) is 54.3 Å². The summed E-state index contributed by atoms with van der Waals surface area (Å²) < 4.78 is 11.6. The van der Waals surface area contributed by atoms with Gasteiger partial charge < -0.3 is 14.4 Å². The summed E-state index contributed by atoms with van der Waals surface area (Å²) >= 11 is 0. The number of rotatable bonds is 6. The number of likely N-dealkylation sites (tertiary alicyclic amines) is 1. The van der Waals surface area contributed by atoms with Crippen LogP contribution in [-0.2, 0) is 6.54 Å². The molecule has 0 N–H and O–H groups in total. The van der Waals surface area contributed by atoms with Crippen molar-refractivity contribution in [2.45, 2.75) is 38.3 Å². The Morgan fingerprint density at radius 2 is 1.89 bits per heavy atom. The molecule has 0 saturated carbocycles. The third-order valence-electron chi connectivity index (χ3n) is 5.46.